The molecule has 2 aliphatic rings. The molecule has 0 saturated carbocycles. The lowest BCUT2D eigenvalue weighted by atomic mass is 9.93. The molecule has 100 valence electrons. The molecule has 2 heterocycles. The zero-order chi connectivity index (χ0) is 13.7. The summed E-state index contributed by atoms with van der Waals surface area (Å²) in [6.07, 6.45) is 3.29. The minimum Gasteiger partial charge on any atom is -0.267 e. The van der Waals surface area contributed by atoms with Crippen molar-refractivity contribution in [2.45, 2.75) is 25.7 Å². The van der Waals surface area contributed by atoms with E-state index in [0.29, 0.717) is 35.0 Å². The predicted molar refractivity (Wildman–Crippen MR) is 71.3 cm³/mol. The highest BCUT2D eigenvalue weighted by molar-refractivity contribution is 6.29. The van der Waals surface area contributed by atoms with Crippen molar-refractivity contribution in [2.24, 2.45) is 0 Å². The van der Waals surface area contributed by atoms with Crippen molar-refractivity contribution in [1.82, 2.24) is 15.1 Å². The van der Waals surface area contributed by atoms with E-state index in [1.165, 1.54) is 4.79 Å². The van der Waals surface area contributed by atoms with E-state index >= 15 is 0 Å². The van der Waals surface area contributed by atoms with Crippen LogP contribution in [0.2, 0.25) is 0 Å². The van der Waals surface area contributed by atoms with Crippen LogP contribution in [0.25, 0.3) is 11.0 Å². The number of hydrogen-bond acceptors (Lipinski definition) is 4. The number of aromatic nitrogens is 3. The number of amides is 2. The number of nitrogens with zero attached hydrogens (tertiary/aromatic N) is 4. The Morgan fingerprint density at radius 2 is 1.60 bits per heavy atom. The fourth-order valence-corrected chi connectivity index (χ4v) is 2.90. The van der Waals surface area contributed by atoms with E-state index in [1.54, 1.807) is 12.1 Å². The van der Waals surface area contributed by atoms with Gasteiger partial charge in [0.05, 0.1) is 0 Å². The first kappa shape index (κ1) is 11.3. The van der Waals surface area contributed by atoms with Crippen LogP contribution in [0.5, 0.6) is 0 Å². The van der Waals surface area contributed by atoms with Crippen LogP contribution in [0.4, 0.5) is 0 Å². The van der Waals surface area contributed by atoms with Crippen molar-refractivity contribution in [3.05, 3.63) is 35.4 Å². The van der Waals surface area contributed by atoms with Gasteiger partial charge < -0.3 is 0 Å². The Balaban J connectivity index is 1.84. The Morgan fingerprint density at radius 3 is 2.30 bits per heavy atom. The molecule has 1 aliphatic carbocycles. The quantitative estimate of drug-likeness (QED) is 0.731. The Hall–Kier alpha value is -2.50. The second-order valence-electron chi connectivity index (χ2n) is 5.05. The number of carbonyl (C=O) groups excluding carboxylic acids is 2. The van der Waals surface area contributed by atoms with E-state index in [1.807, 2.05) is 12.1 Å². The van der Waals surface area contributed by atoms with Crippen molar-refractivity contribution in [3.63, 3.8) is 0 Å². The standard InChI is InChI=1S/C14H12N4O2/c19-13-9-5-1-2-6-10(9)14(20)17(13)18-12-8-4-3-7-11(12)15-16-18/h3-4,7-8H,1-2,5-6H2. The van der Waals surface area contributed by atoms with Gasteiger partial charge in [-0.3, -0.25) is 9.59 Å². The van der Waals surface area contributed by atoms with Crippen molar-refractivity contribution >= 4 is 22.8 Å². The summed E-state index contributed by atoms with van der Waals surface area (Å²) in [6.45, 7) is 0. The molecule has 1 aliphatic heterocycles. The number of fused-ring (bicyclic) bond motifs is 1. The number of rotatable bonds is 1. The topological polar surface area (TPSA) is 68.1 Å². The van der Waals surface area contributed by atoms with Gasteiger partial charge in [-0.2, -0.15) is 5.01 Å². The number of benzene rings is 1. The van der Waals surface area contributed by atoms with Gasteiger partial charge in [0, 0.05) is 11.1 Å². The molecule has 0 unspecified atom stereocenters. The third kappa shape index (κ3) is 1.39. The third-order valence-electron chi connectivity index (χ3n) is 3.89. The van der Waals surface area contributed by atoms with Crippen molar-refractivity contribution in [1.29, 1.82) is 0 Å². The lowest BCUT2D eigenvalue weighted by Gasteiger charge is -2.14. The van der Waals surface area contributed by atoms with Gasteiger partial charge in [0.2, 0.25) is 0 Å². The minimum atomic E-state index is -0.250. The predicted octanol–water partition coefficient (Wildman–Crippen LogP) is 1.31. The van der Waals surface area contributed by atoms with Crippen LogP contribution in [-0.4, -0.2) is 26.9 Å². The van der Waals surface area contributed by atoms with Crippen LogP contribution in [-0.2, 0) is 9.59 Å². The summed E-state index contributed by atoms with van der Waals surface area (Å²) in [5.74, 6) is -0.499. The highest BCUT2D eigenvalue weighted by atomic mass is 16.2. The molecule has 6 nitrogen and oxygen atoms in total. The second kappa shape index (κ2) is 4.00. The van der Waals surface area contributed by atoms with Crippen molar-refractivity contribution < 1.29 is 9.59 Å². The lowest BCUT2D eigenvalue weighted by molar-refractivity contribution is -0.123. The summed E-state index contributed by atoms with van der Waals surface area (Å²) in [4.78, 5) is 26.2. The van der Waals surface area contributed by atoms with Gasteiger partial charge in [-0.05, 0) is 43.0 Å². The SMILES string of the molecule is O=C1C2=C(CCCC2)C(=O)N1n1nnc2ccccc21. The first-order valence-electron chi connectivity index (χ1n) is 6.69. The molecular formula is C14H12N4O2. The fraction of sp³-hybridized carbons (Fsp3) is 0.286. The van der Waals surface area contributed by atoms with Crippen LogP contribution >= 0.6 is 0 Å². The maximum Gasteiger partial charge on any atom is 0.277 e. The molecule has 0 fully saturated rings. The molecule has 4 rings (SSSR count). The van der Waals surface area contributed by atoms with Gasteiger partial charge in [0.1, 0.15) is 11.0 Å². The Labute approximate surface area is 114 Å². The van der Waals surface area contributed by atoms with Gasteiger partial charge in [0.25, 0.3) is 11.8 Å². The smallest absolute Gasteiger partial charge is 0.267 e. The zero-order valence-electron chi connectivity index (χ0n) is 10.7. The first-order chi connectivity index (χ1) is 9.77. The van der Waals surface area contributed by atoms with E-state index in [0.717, 1.165) is 17.9 Å². The van der Waals surface area contributed by atoms with E-state index in [2.05, 4.69) is 10.3 Å². The maximum absolute atomic E-state index is 12.5. The zero-order valence-corrected chi connectivity index (χ0v) is 10.7. The molecule has 2 aromatic rings. The molecule has 20 heavy (non-hydrogen) atoms. The van der Waals surface area contributed by atoms with E-state index in [-0.39, 0.29) is 11.8 Å². The number of imide groups is 1. The second-order valence-corrected chi connectivity index (χ2v) is 5.05. The third-order valence-corrected chi connectivity index (χ3v) is 3.89. The molecule has 0 radical (unpaired) electrons. The molecule has 1 aromatic heterocycles. The number of para-hydroxylation sites is 1. The minimum absolute atomic E-state index is 0.250. The maximum atomic E-state index is 12.5. The monoisotopic (exact) mass is 268 g/mol. The van der Waals surface area contributed by atoms with Crippen molar-refractivity contribution in [3.8, 4) is 0 Å². The summed E-state index contributed by atoms with van der Waals surface area (Å²) in [5, 5.41) is 9.07. The lowest BCUT2D eigenvalue weighted by Crippen LogP contribution is -2.42. The van der Waals surface area contributed by atoms with Gasteiger partial charge in [0.15, 0.2) is 0 Å². The average Bonchev–Trinajstić information content (AvgIpc) is 3.01. The summed E-state index contributed by atoms with van der Waals surface area (Å²) >= 11 is 0. The average molecular weight is 268 g/mol. The highest BCUT2D eigenvalue weighted by Gasteiger charge is 2.41. The summed E-state index contributed by atoms with van der Waals surface area (Å²) in [5.41, 5.74) is 2.63. The molecule has 2 amide bonds. The normalized spacial score (nSPS) is 19.1. The number of carbonyl (C=O) groups is 2. The summed E-state index contributed by atoms with van der Waals surface area (Å²) < 4.78 is 0. The molecule has 0 atom stereocenters. The van der Waals surface area contributed by atoms with E-state index < -0.39 is 0 Å². The van der Waals surface area contributed by atoms with Gasteiger partial charge >= 0.3 is 0 Å². The first-order valence-corrected chi connectivity index (χ1v) is 6.69. The van der Waals surface area contributed by atoms with E-state index in [9.17, 15) is 9.59 Å². The fourth-order valence-electron chi connectivity index (χ4n) is 2.90. The summed E-state index contributed by atoms with van der Waals surface area (Å²) in [6, 6.07) is 7.28. The van der Waals surface area contributed by atoms with Crippen LogP contribution in [0.15, 0.2) is 35.4 Å². The Kier molecular flexibility index (Phi) is 2.26. The molecule has 1 aromatic carbocycles. The highest BCUT2D eigenvalue weighted by Crippen LogP contribution is 2.32. The molecular weight excluding hydrogens is 256 g/mol. The molecule has 0 spiro atoms. The number of hydrogen-bond donors (Lipinski definition) is 0. The summed E-state index contributed by atoms with van der Waals surface area (Å²) in [7, 11) is 0. The van der Waals surface area contributed by atoms with Crippen LogP contribution in [0.1, 0.15) is 25.7 Å². The van der Waals surface area contributed by atoms with Gasteiger partial charge in [-0.15, -0.1) is 9.89 Å². The largest absolute Gasteiger partial charge is 0.277 e. The van der Waals surface area contributed by atoms with Crippen LogP contribution in [0.3, 0.4) is 0 Å². The molecule has 6 heteroatoms. The Bertz CT molecular complexity index is 746. The van der Waals surface area contributed by atoms with Crippen LogP contribution < -0.4 is 5.01 Å². The van der Waals surface area contributed by atoms with Crippen molar-refractivity contribution in [2.75, 3.05) is 5.01 Å². The Morgan fingerprint density at radius 1 is 0.950 bits per heavy atom. The molecule has 0 N–H and O–H groups in total. The van der Waals surface area contributed by atoms with E-state index in [4.69, 9.17) is 0 Å². The van der Waals surface area contributed by atoms with Crippen LogP contribution in [0, 0.1) is 0 Å². The molecule has 0 saturated heterocycles. The van der Waals surface area contributed by atoms with Gasteiger partial charge in [-0.25, -0.2) is 0 Å². The molecule has 0 bridgehead atoms. The van der Waals surface area contributed by atoms with Gasteiger partial charge in [-0.1, -0.05) is 12.1 Å².